The Morgan fingerprint density at radius 2 is 1.80 bits per heavy atom. The van der Waals surface area contributed by atoms with Crippen LogP contribution in [-0.2, 0) is 14.3 Å². The number of fused-ring (bicyclic) bond motifs is 1. The highest BCUT2D eigenvalue weighted by Gasteiger charge is 2.52. The zero-order valence-corrected chi connectivity index (χ0v) is 21.6. The Morgan fingerprint density at radius 1 is 1.14 bits per heavy atom. The molecule has 0 spiro atoms. The van der Waals surface area contributed by atoms with E-state index in [9.17, 15) is 9.59 Å². The third kappa shape index (κ3) is 5.34. The highest BCUT2D eigenvalue weighted by molar-refractivity contribution is 8.08. The summed E-state index contributed by atoms with van der Waals surface area (Å²) in [5.74, 6) is -0.215. The fourth-order valence-corrected chi connectivity index (χ4v) is 6.69. The summed E-state index contributed by atoms with van der Waals surface area (Å²) in [5.41, 5.74) is 9.78. The summed E-state index contributed by atoms with van der Waals surface area (Å²) in [6, 6.07) is 18.6. The van der Waals surface area contributed by atoms with E-state index in [4.69, 9.17) is 10.5 Å². The van der Waals surface area contributed by atoms with E-state index >= 15 is 0 Å². The number of thioether (sulfide) groups is 2. The number of nitrogens with zero attached hydrogens (tertiary/aromatic N) is 2. The van der Waals surface area contributed by atoms with Crippen LogP contribution in [0.25, 0.3) is 6.08 Å². The molecule has 1 amide bonds. The number of hydrogen-bond donors (Lipinski definition) is 1. The minimum atomic E-state index is -0.605. The van der Waals surface area contributed by atoms with Gasteiger partial charge in [0.1, 0.15) is 17.1 Å². The summed E-state index contributed by atoms with van der Waals surface area (Å²) >= 11 is 4.51. The lowest BCUT2D eigenvalue weighted by molar-refractivity contribution is -0.152. The topological polar surface area (TPSA) is 85.5 Å². The molecular formula is C25H22ClN3O3S3. The van der Waals surface area contributed by atoms with Crippen molar-refractivity contribution in [3.63, 3.8) is 0 Å². The van der Waals surface area contributed by atoms with Crippen LogP contribution in [0.1, 0.15) is 22.1 Å². The highest BCUT2D eigenvalue weighted by Crippen LogP contribution is 2.44. The number of thiazole rings is 1. The van der Waals surface area contributed by atoms with Crippen LogP contribution in [0.5, 0.6) is 0 Å². The van der Waals surface area contributed by atoms with Crippen molar-refractivity contribution in [1.29, 1.82) is 0 Å². The van der Waals surface area contributed by atoms with Gasteiger partial charge < -0.3 is 10.5 Å². The van der Waals surface area contributed by atoms with Gasteiger partial charge in [0.15, 0.2) is 6.10 Å². The first-order chi connectivity index (χ1) is 16.6. The number of carbonyl (C=O) groups excluding carboxylic acids is 2. The van der Waals surface area contributed by atoms with Crippen LogP contribution in [0.4, 0.5) is 0 Å². The standard InChI is InChI=1S/C25H21N3O3S3.ClH/c26-20-23(29)28-21(19(14-33-24(20)28)32-12-11-18-13-27-15-34-18)25(30)31-22(16-7-3-1-4-8-16)17-9-5-2-6-10-17;/h1-13,15,20,22,24H,14,26H2;1H/b12-11-;/t20-,24-;/m1./s1. The predicted octanol–water partition coefficient (Wildman–Crippen LogP) is 5.06. The summed E-state index contributed by atoms with van der Waals surface area (Å²) in [4.78, 5) is 33.6. The van der Waals surface area contributed by atoms with Crippen LogP contribution in [0.15, 0.2) is 88.4 Å². The number of amides is 1. The second-order valence-corrected chi connectivity index (χ2v) is 10.7. The van der Waals surface area contributed by atoms with Crippen LogP contribution < -0.4 is 5.73 Å². The first-order valence-electron chi connectivity index (χ1n) is 10.6. The maximum absolute atomic E-state index is 13.6. The van der Waals surface area contributed by atoms with Crippen molar-refractivity contribution in [2.75, 3.05) is 5.75 Å². The summed E-state index contributed by atoms with van der Waals surface area (Å²) in [5, 5.41) is 1.66. The van der Waals surface area contributed by atoms with Gasteiger partial charge in [-0.05, 0) is 22.6 Å². The van der Waals surface area contributed by atoms with Gasteiger partial charge in [-0.25, -0.2) is 4.79 Å². The van der Waals surface area contributed by atoms with E-state index in [2.05, 4.69) is 4.98 Å². The van der Waals surface area contributed by atoms with Gasteiger partial charge in [0.2, 0.25) is 5.91 Å². The van der Waals surface area contributed by atoms with Crippen molar-refractivity contribution in [3.8, 4) is 0 Å². The van der Waals surface area contributed by atoms with Crippen molar-refractivity contribution < 1.29 is 14.3 Å². The highest BCUT2D eigenvalue weighted by atomic mass is 35.5. The van der Waals surface area contributed by atoms with E-state index < -0.39 is 18.1 Å². The van der Waals surface area contributed by atoms with Gasteiger partial charge in [0, 0.05) is 21.7 Å². The molecule has 2 aromatic carbocycles. The molecule has 6 nitrogen and oxygen atoms in total. The second-order valence-electron chi connectivity index (χ2n) is 7.64. The molecule has 3 heterocycles. The van der Waals surface area contributed by atoms with Crippen LogP contribution in [0.2, 0.25) is 0 Å². The Labute approximate surface area is 222 Å². The molecule has 0 bridgehead atoms. The van der Waals surface area contributed by atoms with E-state index in [1.165, 1.54) is 28.0 Å². The molecular weight excluding hydrogens is 522 g/mol. The normalized spacial score (nSPS) is 19.4. The Hall–Kier alpha value is -2.56. The van der Waals surface area contributed by atoms with Gasteiger partial charge in [-0.3, -0.25) is 14.7 Å². The molecule has 0 radical (unpaired) electrons. The van der Waals surface area contributed by atoms with Gasteiger partial charge >= 0.3 is 5.97 Å². The molecule has 3 aromatic rings. The summed E-state index contributed by atoms with van der Waals surface area (Å²) in [6.45, 7) is 0. The van der Waals surface area contributed by atoms with E-state index in [0.29, 0.717) is 5.75 Å². The number of nitrogens with two attached hydrogens (primary N) is 1. The fourth-order valence-electron chi connectivity index (χ4n) is 3.81. The minimum absolute atomic E-state index is 0. The smallest absolute Gasteiger partial charge is 0.356 e. The molecule has 0 saturated carbocycles. The van der Waals surface area contributed by atoms with Gasteiger partial charge in [0.25, 0.3) is 0 Å². The number of aromatic nitrogens is 1. The number of ether oxygens (including phenoxy) is 1. The number of esters is 1. The van der Waals surface area contributed by atoms with Crippen molar-refractivity contribution in [2.45, 2.75) is 17.5 Å². The lowest BCUT2D eigenvalue weighted by atomic mass is 10.0. The number of β-lactam (4-membered cyclic amide) rings is 1. The zero-order valence-electron chi connectivity index (χ0n) is 18.4. The number of hydrogen-bond acceptors (Lipinski definition) is 8. The Kier molecular flexibility index (Phi) is 8.35. The quantitative estimate of drug-likeness (QED) is 0.329. The van der Waals surface area contributed by atoms with Gasteiger partial charge in [-0.1, -0.05) is 72.4 Å². The molecule has 1 fully saturated rings. The van der Waals surface area contributed by atoms with Crippen molar-refractivity contribution in [2.24, 2.45) is 5.73 Å². The zero-order chi connectivity index (χ0) is 23.5. The molecule has 1 saturated heterocycles. The maximum Gasteiger partial charge on any atom is 0.356 e. The van der Waals surface area contributed by atoms with Crippen LogP contribution in [0.3, 0.4) is 0 Å². The third-order valence-electron chi connectivity index (χ3n) is 5.49. The molecule has 2 atom stereocenters. The SMILES string of the molecule is Cl.N[C@@H]1C(=O)N2C(C(=O)OC(c3ccccc3)c3ccccc3)=C(S/C=C\c3cncs3)CS[C@H]12. The first kappa shape index (κ1) is 25.5. The molecule has 10 heteroatoms. The minimum Gasteiger partial charge on any atom is -0.448 e. The fraction of sp³-hybridized carbons (Fsp3) is 0.160. The molecule has 2 N–H and O–H groups in total. The summed E-state index contributed by atoms with van der Waals surface area (Å²) < 4.78 is 6.09. The van der Waals surface area contributed by atoms with Crippen molar-refractivity contribution in [1.82, 2.24) is 9.88 Å². The third-order valence-corrected chi connectivity index (χ3v) is 8.61. The summed E-state index contributed by atoms with van der Waals surface area (Å²) in [6.07, 6.45) is 3.12. The number of rotatable bonds is 7. The molecule has 0 aliphatic carbocycles. The molecule has 35 heavy (non-hydrogen) atoms. The molecule has 5 rings (SSSR count). The van der Waals surface area contributed by atoms with E-state index in [0.717, 1.165) is 20.9 Å². The lowest BCUT2D eigenvalue weighted by Crippen LogP contribution is -2.68. The molecule has 1 aromatic heterocycles. The number of halogens is 1. The lowest BCUT2D eigenvalue weighted by Gasteiger charge is -2.48. The van der Waals surface area contributed by atoms with Crippen molar-refractivity contribution >= 4 is 65.2 Å². The Morgan fingerprint density at radius 3 is 2.40 bits per heavy atom. The van der Waals surface area contributed by atoms with Gasteiger partial charge in [-0.2, -0.15) is 0 Å². The maximum atomic E-state index is 13.6. The van der Waals surface area contributed by atoms with E-state index in [1.807, 2.05) is 72.1 Å². The van der Waals surface area contributed by atoms with E-state index in [1.54, 1.807) is 23.5 Å². The number of carbonyl (C=O) groups is 2. The molecule has 0 unspecified atom stereocenters. The first-order valence-corrected chi connectivity index (χ1v) is 13.4. The second kappa shape index (κ2) is 11.5. The molecule has 180 valence electrons. The Balaban J connectivity index is 0.00000289. The summed E-state index contributed by atoms with van der Waals surface area (Å²) in [7, 11) is 0. The van der Waals surface area contributed by atoms with Crippen LogP contribution in [-0.4, -0.2) is 38.9 Å². The average Bonchev–Trinajstić information content (AvgIpc) is 3.41. The average molecular weight is 544 g/mol. The molecule has 2 aliphatic heterocycles. The van der Waals surface area contributed by atoms with Gasteiger partial charge in [-0.15, -0.1) is 35.5 Å². The molecule has 2 aliphatic rings. The van der Waals surface area contributed by atoms with Crippen LogP contribution >= 0.6 is 47.3 Å². The largest absolute Gasteiger partial charge is 0.448 e. The monoisotopic (exact) mass is 543 g/mol. The van der Waals surface area contributed by atoms with E-state index in [-0.39, 0.29) is 29.4 Å². The van der Waals surface area contributed by atoms with Crippen molar-refractivity contribution in [3.05, 3.63) is 104 Å². The number of benzene rings is 2. The predicted molar refractivity (Wildman–Crippen MR) is 145 cm³/mol. The van der Waals surface area contributed by atoms with Gasteiger partial charge in [0.05, 0.1) is 5.51 Å². The Bertz CT molecular complexity index is 1200. The van der Waals surface area contributed by atoms with Crippen LogP contribution in [0, 0.1) is 0 Å².